The van der Waals surface area contributed by atoms with Gasteiger partial charge in [0.05, 0.1) is 38.1 Å². The van der Waals surface area contributed by atoms with E-state index >= 15 is 8.78 Å². The number of halogens is 2. The van der Waals surface area contributed by atoms with E-state index < -0.39 is 11.6 Å². The lowest BCUT2D eigenvalue weighted by Gasteiger charge is -2.31. The molecule has 0 radical (unpaired) electrons. The highest BCUT2D eigenvalue weighted by atomic mass is 19.1. The molecule has 3 heterocycles. The number of hydrogen-bond acceptors (Lipinski definition) is 9. The van der Waals surface area contributed by atoms with Crippen molar-refractivity contribution in [2.75, 3.05) is 38.1 Å². The Hall–Kier alpha value is -3.86. The summed E-state index contributed by atoms with van der Waals surface area (Å²) in [5.41, 5.74) is 0.198. The third-order valence-electron chi connectivity index (χ3n) is 6.82. The molecule has 1 saturated heterocycles. The van der Waals surface area contributed by atoms with Gasteiger partial charge in [0.25, 0.3) is 0 Å². The van der Waals surface area contributed by atoms with Gasteiger partial charge in [-0.2, -0.15) is 0 Å². The maximum atomic E-state index is 15.3. The number of ether oxygens (including phenoxy) is 3. The molecule has 0 unspecified atom stereocenters. The smallest absolute Gasteiger partial charge is 0.223 e. The van der Waals surface area contributed by atoms with Crippen LogP contribution in [0.2, 0.25) is 0 Å². The van der Waals surface area contributed by atoms with Gasteiger partial charge in [-0.05, 0) is 37.3 Å². The molecule has 2 fully saturated rings. The zero-order valence-corrected chi connectivity index (χ0v) is 21.2. The van der Waals surface area contributed by atoms with Gasteiger partial charge in [0.2, 0.25) is 5.95 Å². The van der Waals surface area contributed by atoms with E-state index in [1.54, 1.807) is 6.20 Å². The largest absolute Gasteiger partial charge is 0.494 e. The van der Waals surface area contributed by atoms with E-state index in [4.69, 9.17) is 14.2 Å². The summed E-state index contributed by atoms with van der Waals surface area (Å²) in [5.74, 6) is -1.32. The number of hydrogen-bond donors (Lipinski definition) is 2. The zero-order chi connectivity index (χ0) is 26.8. The second-order valence-electron chi connectivity index (χ2n) is 9.44. The van der Waals surface area contributed by atoms with Crippen LogP contribution in [0.15, 0.2) is 31.0 Å². The van der Waals surface area contributed by atoms with Crippen LogP contribution in [0.3, 0.4) is 0 Å². The minimum Gasteiger partial charge on any atom is -0.494 e. The van der Waals surface area contributed by atoms with Crippen molar-refractivity contribution in [1.82, 2.24) is 15.0 Å². The van der Waals surface area contributed by atoms with Crippen LogP contribution in [-0.4, -0.2) is 60.3 Å². The Kier molecular flexibility index (Phi) is 7.37. The number of nitrogens with one attached hydrogen (secondary N) is 2. The van der Waals surface area contributed by atoms with E-state index in [-0.39, 0.29) is 46.5 Å². The number of carbonyl (C=O) groups excluding carboxylic acids is 1. The van der Waals surface area contributed by atoms with E-state index in [2.05, 4.69) is 32.2 Å². The Balaban J connectivity index is 1.54. The molecule has 2 aromatic heterocycles. The van der Waals surface area contributed by atoms with Gasteiger partial charge in [-0.3, -0.25) is 4.79 Å². The Labute approximate surface area is 218 Å². The zero-order valence-electron chi connectivity index (χ0n) is 21.2. The van der Waals surface area contributed by atoms with Gasteiger partial charge in [0.1, 0.15) is 5.52 Å². The molecular formula is C27H29F2N5O4. The van der Waals surface area contributed by atoms with Crippen molar-refractivity contribution in [3.63, 3.8) is 0 Å². The summed E-state index contributed by atoms with van der Waals surface area (Å²) >= 11 is 0. The van der Waals surface area contributed by atoms with E-state index in [9.17, 15) is 4.79 Å². The first kappa shape index (κ1) is 25.8. The molecule has 1 saturated carbocycles. The Morgan fingerprint density at radius 3 is 2.53 bits per heavy atom. The number of fused-ring (bicyclic) bond motifs is 1. The molecule has 0 spiro atoms. The van der Waals surface area contributed by atoms with Crippen LogP contribution >= 0.6 is 0 Å². The van der Waals surface area contributed by atoms with Gasteiger partial charge in [0, 0.05) is 36.7 Å². The van der Waals surface area contributed by atoms with Gasteiger partial charge in [-0.1, -0.05) is 6.58 Å². The fourth-order valence-corrected chi connectivity index (χ4v) is 4.56. The number of benzene rings is 1. The number of methoxy groups -OCH3 is 2. The normalized spacial score (nSPS) is 19.2. The number of pyridine rings is 1. The highest BCUT2D eigenvalue weighted by molar-refractivity contribution is 5.92. The fourth-order valence-electron chi connectivity index (χ4n) is 4.56. The number of anilines is 2. The van der Waals surface area contributed by atoms with Crippen molar-refractivity contribution < 1.29 is 27.8 Å². The van der Waals surface area contributed by atoms with E-state index in [0.29, 0.717) is 42.3 Å². The first-order valence-electron chi connectivity index (χ1n) is 12.5. The summed E-state index contributed by atoms with van der Waals surface area (Å²) in [5, 5.41) is 7.17. The number of allylic oxidation sites excluding steroid dienone is 1. The molecule has 0 bridgehead atoms. The Bertz CT molecular complexity index is 1350. The average molecular weight is 526 g/mol. The highest BCUT2D eigenvalue weighted by Gasteiger charge is 2.29. The molecule has 1 aliphatic heterocycles. The summed E-state index contributed by atoms with van der Waals surface area (Å²) in [7, 11) is 2.59. The van der Waals surface area contributed by atoms with Crippen LogP contribution in [0.25, 0.3) is 22.2 Å². The third kappa shape index (κ3) is 5.24. The molecule has 11 heteroatoms. The lowest BCUT2D eigenvalue weighted by Crippen LogP contribution is -2.40. The minimum absolute atomic E-state index is 0.0237. The van der Waals surface area contributed by atoms with Crippen LogP contribution in [0.5, 0.6) is 11.5 Å². The average Bonchev–Trinajstić information content (AvgIpc) is 3.74. The van der Waals surface area contributed by atoms with E-state index in [1.165, 1.54) is 26.4 Å². The molecule has 5 rings (SSSR count). The van der Waals surface area contributed by atoms with Gasteiger partial charge in [0.15, 0.2) is 34.7 Å². The highest BCUT2D eigenvalue weighted by Crippen LogP contribution is 2.39. The van der Waals surface area contributed by atoms with Gasteiger partial charge in [-0.25, -0.2) is 23.7 Å². The van der Waals surface area contributed by atoms with Crippen LogP contribution in [0.1, 0.15) is 25.7 Å². The summed E-state index contributed by atoms with van der Waals surface area (Å²) in [6, 6.07) is 2.73. The number of nitrogens with zero attached hydrogens (tertiary/aromatic N) is 3. The predicted molar refractivity (Wildman–Crippen MR) is 139 cm³/mol. The van der Waals surface area contributed by atoms with E-state index in [0.717, 1.165) is 25.3 Å². The summed E-state index contributed by atoms with van der Waals surface area (Å²) in [6.45, 7) is 4.56. The fraction of sp³-hybridized carbons (Fsp3) is 0.407. The lowest BCUT2D eigenvalue weighted by molar-refractivity contribution is -0.116. The molecule has 2 atom stereocenters. The van der Waals surface area contributed by atoms with Crippen molar-refractivity contribution in [3.8, 4) is 22.8 Å². The van der Waals surface area contributed by atoms with Crippen molar-refractivity contribution in [3.05, 3.63) is 42.6 Å². The molecule has 3 aromatic rings. The number of ketones is 1. The van der Waals surface area contributed by atoms with Crippen molar-refractivity contribution in [1.29, 1.82) is 0 Å². The van der Waals surface area contributed by atoms with Gasteiger partial charge in [-0.15, -0.1) is 0 Å². The molecule has 9 nitrogen and oxygen atoms in total. The summed E-state index contributed by atoms with van der Waals surface area (Å²) in [6.07, 6.45) is 5.91. The molecule has 2 aliphatic rings. The maximum absolute atomic E-state index is 15.3. The summed E-state index contributed by atoms with van der Waals surface area (Å²) < 4.78 is 46.3. The number of rotatable bonds is 10. The van der Waals surface area contributed by atoms with Crippen LogP contribution < -0.4 is 20.1 Å². The Morgan fingerprint density at radius 2 is 1.87 bits per heavy atom. The monoisotopic (exact) mass is 525 g/mol. The topological polar surface area (TPSA) is 107 Å². The molecular weight excluding hydrogens is 496 g/mol. The molecule has 38 heavy (non-hydrogen) atoms. The molecule has 1 aliphatic carbocycles. The van der Waals surface area contributed by atoms with Crippen molar-refractivity contribution in [2.24, 2.45) is 5.92 Å². The second kappa shape index (κ2) is 10.9. The molecule has 1 aromatic carbocycles. The molecule has 2 N–H and O–H groups in total. The lowest BCUT2D eigenvalue weighted by atomic mass is 9.90. The number of carbonyl (C=O) groups is 1. The van der Waals surface area contributed by atoms with E-state index in [1.807, 2.05) is 0 Å². The summed E-state index contributed by atoms with van der Waals surface area (Å²) in [4.78, 5) is 25.7. The van der Waals surface area contributed by atoms with Crippen molar-refractivity contribution in [2.45, 2.75) is 37.8 Å². The number of aromatic nitrogens is 3. The standard InChI is InChI=1S/C27H29F2N5O4/c1-4-17(35)9-14-7-8-38-13-19(14)33-27-30-12-15-10-18(32-26(25(15)34-27)31-16-5-6-16)22-23(28)20(36-2)11-21(37-3)24(22)29/h4,10-12,14,16,19H,1,5-9,13H2,2-3H3,(H,31,32)(H,30,33,34)/t14-,19-/m1/s1. The van der Waals surface area contributed by atoms with Gasteiger partial charge >= 0.3 is 0 Å². The van der Waals surface area contributed by atoms with Crippen LogP contribution in [0.4, 0.5) is 20.5 Å². The second-order valence-corrected chi connectivity index (χ2v) is 9.44. The van der Waals surface area contributed by atoms with Crippen LogP contribution in [-0.2, 0) is 9.53 Å². The first-order valence-corrected chi connectivity index (χ1v) is 12.5. The molecule has 200 valence electrons. The van der Waals surface area contributed by atoms with Crippen molar-refractivity contribution >= 4 is 28.5 Å². The Morgan fingerprint density at radius 1 is 1.13 bits per heavy atom. The van der Waals surface area contributed by atoms with Gasteiger partial charge < -0.3 is 24.8 Å². The minimum atomic E-state index is -0.883. The first-order chi connectivity index (χ1) is 18.4. The quantitative estimate of drug-likeness (QED) is 0.369. The van der Waals surface area contributed by atoms with Crippen LogP contribution in [0, 0.1) is 17.6 Å². The SMILES string of the molecule is C=CC(=O)C[C@H]1CCOC[C@H]1Nc1ncc2cc(-c3c(F)c(OC)cc(OC)c3F)nc(NC3CC3)c2n1. The molecule has 0 amide bonds. The maximum Gasteiger partial charge on any atom is 0.223 e. The predicted octanol–water partition coefficient (Wildman–Crippen LogP) is 4.52. The third-order valence-corrected chi connectivity index (χ3v) is 6.82.